The maximum atomic E-state index is 14.0. The van der Waals surface area contributed by atoms with Crippen LogP contribution in [0.5, 0.6) is 11.5 Å². The molecule has 0 saturated carbocycles. The zero-order valence-electron chi connectivity index (χ0n) is 21.8. The summed E-state index contributed by atoms with van der Waals surface area (Å²) in [5.41, 5.74) is 8.78. The Balaban J connectivity index is 1.59. The number of nitrogens with zero attached hydrogens (tertiary/aromatic N) is 3. The summed E-state index contributed by atoms with van der Waals surface area (Å²) in [4.78, 5) is 32.0. The van der Waals surface area contributed by atoms with Crippen molar-refractivity contribution in [3.8, 4) is 11.5 Å². The number of anilines is 2. The average Bonchev–Trinajstić information content (AvgIpc) is 3.50. The molecule has 0 fully saturated rings. The molecule has 1 amide bonds. The minimum Gasteiger partial charge on any atom is -0.495 e. The first kappa shape index (κ1) is 26.9. The van der Waals surface area contributed by atoms with Crippen LogP contribution < -0.4 is 20.5 Å². The van der Waals surface area contributed by atoms with E-state index in [9.17, 15) is 14.0 Å². The number of ether oxygens (including phenoxy) is 2. The van der Waals surface area contributed by atoms with Crippen LogP contribution in [0.15, 0.2) is 71.9 Å². The number of halogens is 1. The quantitative estimate of drug-likeness (QED) is 0.129. The minimum atomic E-state index is -0.523. The van der Waals surface area contributed by atoms with Crippen LogP contribution in [-0.2, 0) is 4.79 Å². The molecule has 2 aromatic carbocycles. The third-order valence-corrected chi connectivity index (χ3v) is 5.87. The number of rotatable bonds is 8. The summed E-state index contributed by atoms with van der Waals surface area (Å²) in [6.45, 7) is 7.16. The van der Waals surface area contributed by atoms with Gasteiger partial charge in [-0.05, 0) is 42.8 Å². The summed E-state index contributed by atoms with van der Waals surface area (Å²) >= 11 is 0. The van der Waals surface area contributed by atoms with E-state index in [1.54, 1.807) is 43.3 Å². The van der Waals surface area contributed by atoms with Gasteiger partial charge < -0.3 is 25.5 Å². The molecule has 2 aromatic heterocycles. The topological polar surface area (TPSA) is 137 Å². The highest BCUT2D eigenvalue weighted by molar-refractivity contribution is 6.13. The van der Waals surface area contributed by atoms with E-state index in [1.165, 1.54) is 44.1 Å². The summed E-state index contributed by atoms with van der Waals surface area (Å²) in [5, 5.41) is 7.66. The third kappa shape index (κ3) is 5.57. The van der Waals surface area contributed by atoms with Crippen LogP contribution in [-0.4, -0.2) is 46.5 Å². The van der Waals surface area contributed by atoms with Crippen molar-refractivity contribution in [1.29, 1.82) is 0 Å². The van der Waals surface area contributed by atoms with Crippen molar-refractivity contribution in [2.24, 2.45) is 4.99 Å². The largest absolute Gasteiger partial charge is 0.495 e. The second kappa shape index (κ2) is 11.1. The van der Waals surface area contributed by atoms with Gasteiger partial charge in [0.2, 0.25) is 17.6 Å². The number of carbonyl (C=O) groups excluding carboxylic acids is 2. The maximum absolute atomic E-state index is 14.0. The lowest BCUT2D eigenvalue weighted by atomic mass is 10.1. The van der Waals surface area contributed by atoms with Gasteiger partial charge in [-0.3, -0.25) is 14.6 Å². The average molecular weight is 531 g/mol. The molecule has 0 aliphatic carbocycles. The van der Waals surface area contributed by atoms with Crippen molar-refractivity contribution in [2.75, 3.05) is 25.2 Å². The number of nitrogens with one attached hydrogen (secondary N) is 2. The first-order chi connectivity index (χ1) is 18.6. The van der Waals surface area contributed by atoms with Crippen molar-refractivity contribution >= 4 is 45.7 Å². The molecular formula is C28H27FN6O4. The van der Waals surface area contributed by atoms with E-state index in [0.717, 1.165) is 0 Å². The monoisotopic (exact) mass is 530 g/mol. The standard InChI is InChI=1S/C28H27FN6O4/c1-15(10-26(31-4)39-24-9-7-6-8-20(24)29)16(2)35-28(30)19(14-32-35)27(37)23-11-18-12-25(38-5)22(33-17(3)36)13-21(18)34-23/h6-14,34H,2,30H2,1,3-5H3,(H,33,36)/b15-10-,31-26+. The van der Waals surface area contributed by atoms with Gasteiger partial charge in [-0.15, -0.1) is 0 Å². The lowest BCUT2D eigenvalue weighted by Crippen LogP contribution is -2.11. The smallest absolute Gasteiger partial charge is 0.221 e. The number of amides is 1. The van der Waals surface area contributed by atoms with Gasteiger partial charge in [-0.25, -0.2) is 9.07 Å². The molecule has 0 radical (unpaired) electrons. The Bertz CT molecular complexity index is 1660. The highest BCUT2D eigenvalue weighted by atomic mass is 19.1. The summed E-state index contributed by atoms with van der Waals surface area (Å²) in [5.74, 6) is -0.454. The first-order valence-electron chi connectivity index (χ1n) is 11.8. The Labute approximate surface area is 223 Å². The predicted octanol–water partition coefficient (Wildman–Crippen LogP) is 4.81. The first-order valence-corrected chi connectivity index (χ1v) is 11.8. The highest BCUT2D eigenvalue weighted by Gasteiger charge is 2.21. The Morgan fingerprint density at radius 1 is 1.21 bits per heavy atom. The number of hydrogen-bond donors (Lipinski definition) is 3. The second-order valence-corrected chi connectivity index (χ2v) is 8.56. The van der Waals surface area contributed by atoms with Gasteiger partial charge in [0.1, 0.15) is 11.6 Å². The molecule has 4 aromatic rings. The molecule has 2 heterocycles. The summed E-state index contributed by atoms with van der Waals surface area (Å²) in [7, 11) is 3.00. The number of ketones is 1. The zero-order chi connectivity index (χ0) is 28.3. The van der Waals surface area contributed by atoms with Crippen molar-refractivity contribution in [2.45, 2.75) is 13.8 Å². The number of carbonyl (C=O) groups is 2. The highest BCUT2D eigenvalue weighted by Crippen LogP contribution is 2.32. The van der Waals surface area contributed by atoms with Gasteiger partial charge in [0.05, 0.1) is 35.9 Å². The van der Waals surface area contributed by atoms with Gasteiger partial charge in [-0.1, -0.05) is 18.7 Å². The Morgan fingerprint density at radius 3 is 2.62 bits per heavy atom. The number of methoxy groups -OCH3 is 1. The van der Waals surface area contributed by atoms with Crippen molar-refractivity contribution in [3.05, 3.63) is 84.0 Å². The van der Waals surface area contributed by atoms with E-state index in [1.807, 2.05) is 0 Å². The number of hydrogen-bond acceptors (Lipinski definition) is 7. The minimum absolute atomic E-state index is 0.0272. The van der Waals surface area contributed by atoms with E-state index in [0.29, 0.717) is 33.6 Å². The molecule has 0 aliphatic heterocycles. The molecule has 200 valence electrons. The van der Waals surface area contributed by atoms with E-state index < -0.39 is 5.82 Å². The van der Waals surface area contributed by atoms with Crippen molar-refractivity contribution in [3.63, 3.8) is 0 Å². The van der Waals surface area contributed by atoms with Gasteiger partial charge in [0, 0.05) is 31.0 Å². The molecule has 10 nitrogen and oxygen atoms in total. The SMILES string of the molecule is C=C(/C(C)=C\C(=N/C)Oc1ccccc1F)n1ncc(C(=O)c2cc3cc(OC)c(NC(C)=O)cc3[nH]2)c1N. The molecule has 0 atom stereocenters. The molecular weight excluding hydrogens is 503 g/mol. The van der Waals surface area contributed by atoms with Crippen LogP contribution in [0.4, 0.5) is 15.9 Å². The molecule has 0 bridgehead atoms. The number of benzene rings is 2. The summed E-state index contributed by atoms with van der Waals surface area (Å²) in [6, 6.07) is 11.0. The van der Waals surface area contributed by atoms with Gasteiger partial charge in [-0.2, -0.15) is 5.10 Å². The number of fused-ring (bicyclic) bond motifs is 1. The fraction of sp³-hybridized carbons (Fsp3) is 0.143. The maximum Gasteiger partial charge on any atom is 0.221 e. The summed E-state index contributed by atoms with van der Waals surface area (Å²) in [6.07, 6.45) is 2.92. The molecule has 39 heavy (non-hydrogen) atoms. The van der Waals surface area contributed by atoms with Crippen LogP contribution >= 0.6 is 0 Å². The second-order valence-electron chi connectivity index (χ2n) is 8.56. The van der Waals surface area contributed by atoms with E-state index in [-0.39, 0.29) is 40.4 Å². The third-order valence-electron chi connectivity index (χ3n) is 5.87. The molecule has 11 heteroatoms. The summed E-state index contributed by atoms with van der Waals surface area (Å²) < 4.78 is 26.2. The van der Waals surface area contributed by atoms with E-state index >= 15 is 0 Å². The van der Waals surface area contributed by atoms with Gasteiger partial charge in [0.15, 0.2) is 11.6 Å². The number of para-hydroxylation sites is 1. The van der Waals surface area contributed by atoms with Crippen molar-refractivity contribution in [1.82, 2.24) is 14.8 Å². The number of allylic oxidation sites excluding steroid dienone is 2. The molecule has 0 unspecified atom stereocenters. The van der Waals surface area contributed by atoms with Crippen LogP contribution in [0.2, 0.25) is 0 Å². The normalized spacial score (nSPS) is 11.9. The van der Waals surface area contributed by atoms with Crippen LogP contribution in [0.3, 0.4) is 0 Å². The lowest BCUT2D eigenvalue weighted by molar-refractivity contribution is -0.114. The fourth-order valence-electron chi connectivity index (χ4n) is 3.85. The molecule has 4 rings (SSSR count). The molecule has 0 spiro atoms. The Morgan fingerprint density at radius 2 is 1.95 bits per heavy atom. The van der Waals surface area contributed by atoms with Gasteiger partial charge in [0.25, 0.3) is 0 Å². The van der Waals surface area contributed by atoms with Crippen LogP contribution in [0.25, 0.3) is 16.6 Å². The fourth-order valence-corrected chi connectivity index (χ4v) is 3.85. The molecule has 4 N–H and O–H groups in total. The Kier molecular flexibility index (Phi) is 7.61. The number of aromatic nitrogens is 3. The van der Waals surface area contributed by atoms with Gasteiger partial charge >= 0.3 is 0 Å². The zero-order valence-corrected chi connectivity index (χ0v) is 21.8. The number of aliphatic imine (C=N–C) groups is 1. The predicted molar refractivity (Wildman–Crippen MR) is 149 cm³/mol. The van der Waals surface area contributed by atoms with E-state index in [4.69, 9.17) is 15.2 Å². The number of nitrogens with two attached hydrogens (primary N) is 1. The number of nitrogen functional groups attached to an aromatic ring is 1. The Hall–Kier alpha value is -5.19. The number of aromatic amines is 1. The van der Waals surface area contributed by atoms with Crippen LogP contribution in [0.1, 0.15) is 29.9 Å². The van der Waals surface area contributed by atoms with E-state index in [2.05, 4.69) is 27.0 Å². The lowest BCUT2D eigenvalue weighted by Gasteiger charge is -2.11. The molecule has 0 aliphatic rings. The van der Waals surface area contributed by atoms with Crippen molar-refractivity contribution < 1.29 is 23.5 Å². The number of H-pyrrole nitrogens is 1. The van der Waals surface area contributed by atoms with Crippen LogP contribution in [0, 0.1) is 5.82 Å². The molecule has 0 saturated heterocycles.